The van der Waals surface area contributed by atoms with Gasteiger partial charge >= 0.3 is 5.97 Å². The summed E-state index contributed by atoms with van der Waals surface area (Å²) in [5.41, 5.74) is 11.3. The van der Waals surface area contributed by atoms with Gasteiger partial charge in [-0.05, 0) is 36.1 Å². The molecule has 0 aliphatic rings. The molecule has 5 nitrogen and oxygen atoms in total. The van der Waals surface area contributed by atoms with Gasteiger partial charge in [0.15, 0.2) is 0 Å². The van der Waals surface area contributed by atoms with Gasteiger partial charge in [0.2, 0.25) is 0 Å². The topological polar surface area (TPSA) is 86.1 Å². The van der Waals surface area contributed by atoms with Crippen LogP contribution in [0.4, 0.5) is 0 Å². The number of carboxylic acid groups (broad SMARTS) is 1. The average molecular weight is 219 g/mol. The van der Waals surface area contributed by atoms with Crippen molar-refractivity contribution in [2.75, 3.05) is 0 Å². The molecule has 0 fully saturated rings. The van der Waals surface area contributed by atoms with Gasteiger partial charge in [-0.2, -0.15) is 0 Å². The molecule has 1 unspecified atom stereocenters. The molecule has 0 saturated carbocycles. The normalized spacial score (nSPS) is 11.6. The summed E-state index contributed by atoms with van der Waals surface area (Å²) in [4.78, 5) is 13.3. The van der Waals surface area contributed by atoms with E-state index in [-0.39, 0.29) is 6.42 Å². The van der Waals surface area contributed by atoms with Crippen molar-refractivity contribution in [2.45, 2.75) is 26.3 Å². The lowest BCUT2D eigenvalue weighted by atomic mass is 10.00. The van der Waals surface area contributed by atoms with Crippen LogP contribution < -0.4 is 0 Å². The number of aliphatic carboxylic acids is 1. The molecule has 1 N–H and O–H groups in total. The number of rotatable bonds is 4. The monoisotopic (exact) mass is 219 g/mol. The van der Waals surface area contributed by atoms with Gasteiger partial charge in [0.25, 0.3) is 0 Å². The first-order valence-electron chi connectivity index (χ1n) is 4.87. The molecule has 1 aromatic carbocycles. The van der Waals surface area contributed by atoms with E-state index in [1.807, 2.05) is 26.0 Å². The number of azide groups is 1. The van der Waals surface area contributed by atoms with Crippen LogP contribution >= 0.6 is 0 Å². The number of hydrogen-bond donors (Lipinski definition) is 1. The quantitative estimate of drug-likeness (QED) is 0.479. The summed E-state index contributed by atoms with van der Waals surface area (Å²) in [6, 6.07) is 4.91. The SMILES string of the molecule is Cc1ccc(C(CC(=O)O)N=[N+]=[N-])cc1C. The standard InChI is InChI=1S/C11H13N3O2/c1-7-3-4-9(5-8(7)2)10(13-14-12)6-11(15)16/h3-5,10H,6H2,1-2H3,(H,15,16). The average Bonchev–Trinajstić information content (AvgIpc) is 2.21. The first kappa shape index (κ1) is 12.1. The fourth-order valence-corrected chi connectivity index (χ4v) is 1.42. The summed E-state index contributed by atoms with van der Waals surface area (Å²) in [5, 5.41) is 12.2. The summed E-state index contributed by atoms with van der Waals surface area (Å²) >= 11 is 0. The number of hydrogen-bond acceptors (Lipinski definition) is 2. The zero-order chi connectivity index (χ0) is 12.1. The van der Waals surface area contributed by atoms with E-state index in [9.17, 15) is 4.79 Å². The second kappa shape index (κ2) is 5.19. The van der Waals surface area contributed by atoms with Crippen molar-refractivity contribution in [1.29, 1.82) is 0 Å². The molecular formula is C11H13N3O2. The van der Waals surface area contributed by atoms with Crippen LogP contribution in [0.2, 0.25) is 0 Å². The molecule has 0 spiro atoms. The van der Waals surface area contributed by atoms with Crippen molar-refractivity contribution in [2.24, 2.45) is 5.11 Å². The molecule has 1 rings (SSSR count). The van der Waals surface area contributed by atoms with Crippen molar-refractivity contribution < 1.29 is 9.90 Å². The number of carbonyl (C=O) groups is 1. The minimum atomic E-state index is -0.976. The molecule has 84 valence electrons. The fourth-order valence-electron chi connectivity index (χ4n) is 1.42. The van der Waals surface area contributed by atoms with Crippen molar-refractivity contribution >= 4 is 5.97 Å². The summed E-state index contributed by atoms with van der Waals surface area (Å²) < 4.78 is 0. The van der Waals surface area contributed by atoms with Gasteiger partial charge in [-0.15, -0.1) is 0 Å². The predicted molar refractivity (Wildman–Crippen MR) is 60.1 cm³/mol. The largest absolute Gasteiger partial charge is 0.481 e. The third kappa shape index (κ3) is 3.00. The zero-order valence-corrected chi connectivity index (χ0v) is 9.21. The van der Waals surface area contributed by atoms with E-state index in [1.54, 1.807) is 6.07 Å². The Bertz CT molecular complexity index is 451. The lowest BCUT2D eigenvalue weighted by molar-refractivity contribution is -0.137. The molecule has 0 aliphatic carbocycles. The van der Waals surface area contributed by atoms with Gasteiger partial charge < -0.3 is 5.11 Å². The van der Waals surface area contributed by atoms with Gasteiger partial charge in [-0.1, -0.05) is 23.3 Å². The third-order valence-corrected chi connectivity index (χ3v) is 2.47. The second-order valence-electron chi connectivity index (χ2n) is 3.66. The lowest BCUT2D eigenvalue weighted by Gasteiger charge is -2.10. The summed E-state index contributed by atoms with van der Waals surface area (Å²) in [7, 11) is 0. The Morgan fingerprint density at radius 3 is 2.69 bits per heavy atom. The Morgan fingerprint density at radius 2 is 2.19 bits per heavy atom. The molecule has 1 aromatic rings. The summed E-state index contributed by atoms with van der Waals surface area (Å²) in [6.45, 7) is 3.91. The highest BCUT2D eigenvalue weighted by molar-refractivity contribution is 5.68. The van der Waals surface area contributed by atoms with E-state index >= 15 is 0 Å². The van der Waals surface area contributed by atoms with Crippen LogP contribution in [0.25, 0.3) is 10.4 Å². The first-order chi connectivity index (χ1) is 7.54. The van der Waals surface area contributed by atoms with Gasteiger partial charge in [0, 0.05) is 4.91 Å². The molecule has 16 heavy (non-hydrogen) atoms. The zero-order valence-electron chi connectivity index (χ0n) is 9.21. The Balaban J connectivity index is 3.05. The minimum Gasteiger partial charge on any atom is -0.481 e. The molecule has 0 saturated heterocycles. The lowest BCUT2D eigenvalue weighted by Crippen LogP contribution is -2.04. The number of benzene rings is 1. The Hall–Kier alpha value is -2.00. The van der Waals surface area contributed by atoms with Crippen LogP contribution in [0.1, 0.15) is 29.2 Å². The first-order valence-corrected chi connectivity index (χ1v) is 4.87. The summed E-state index contributed by atoms with van der Waals surface area (Å²) in [5.74, 6) is -0.976. The van der Waals surface area contributed by atoms with E-state index in [1.165, 1.54) is 0 Å². The van der Waals surface area contributed by atoms with Gasteiger partial charge in [-0.25, -0.2) is 0 Å². The van der Waals surface area contributed by atoms with E-state index < -0.39 is 12.0 Å². The van der Waals surface area contributed by atoms with E-state index in [0.717, 1.165) is 16.7 Å². The molecule has 5 heteroatoms. The van der Waals surface area contributed by atoms with Gasteiger partial charge in [0.1, 0.15) is 0 Å². The summed E-state index contributed by atoms with van der Waals surface area (Å²) in [6.07, 6.45) is -0.188. The van der Waals surface area contributed by atoms with Crippen LogP contribution in [-0.4, -0.2) is 11.1 Å². The van der Waals surface area contributed by atoms with Crippen molar-refractivity contribution in [3.05, 3.63) is 45.3 Å². The van der Waals surface area contributed by atoms with Crippen molar-refractivity contribution in [1.82, 2.24) is 0 Å². The van der Waals surface area contributed by atoms with E-state index in [4.69, 9.17) is 10.6 Å². The smallest absolute Gasteiger partial charge is 0.304 e. The Labute approximate surface area is 93.3 Å². The molecule has 0 bridgehead atoms. The number of nitrogens with zero attached hydrogens (tertiary/aromatic N) is 3. The van der Waals surface area contributed by atoms with Crippen LogP contribution in [0.5, 0.6) is 0 Å². The van der Waals surface area contributed by atoms with E-state index in [0.29, 0.717) is 0 Å². The molecule has 0 amide bonds. The third-order valence-electron chi connectivity index (χ3n) is 2.47. The molecular weight excluding hydrogens is 206 g/mol. The second-order valence-corrected chi connectivity index (χ2v) is 3.66. The maximum absolute atomic E-state index is 10.6. The van der Waals surface area contributed by atoms with Gasteiger partial charge in [-0.3, -0.25) is 4.79 Å². The predicted octanol–water partition coefficient (Wildman–Crippen LogP) is 3.13. The maximum Gasteiger partial charge on any atom is 0.304 e. The van der Waals surface area contributed by atoms with Crippen molar-refractivity contribution in [3.8, 4) is 0 Å². The number of carboxylic acids is 1. The molecule has 0 aromatic heterocycles. The van der Waals surface area contributed by atoms with Crippen LogP contribution in [0, 0.1) is 13.8 Å². The van der Waals surface area contributed by atoms with Gasteiger partial charge in [0.05, 0.1) is 12.5 Å². The Kier molecular flexibility index (Phi) is 3.91. The highest BCUT2D eigenvalue weighted by atomic mass is 16.4. The highest BCUT2D eigenvalue weighted by Crippen LogP contribution is 2.23. The molecule has 1 atom stereocenters. The van der Waals surface area contributed by atoms with Crippen LogP contribution in [0.3, 0.4) is 0 Å². The Morgan fingerprint density at radius 1 is 1.50 bits per heavy atom. The molecule has 0 radical (unpaired) electrons. The molecule has 0 aliphatic heterocycles. The minimum absolute atomic E-state index is 0.188. The van der Waals surface area contributed by atoms with Crippen LogP contribution in [0.15, 0.2) is 23.3 Å². The maximum atomic E-state index is 10.6. The molecule has 0 heterocycles. The number of aryl methyl sites for hydroxylation is 2. The van der Waals surface area contributed by atoms with Crippen LogP contribution in [-0.2, 0) is 4.79 Å². The van der Waals surface area contributed by atoms with Crippen molar-refractivity contribution in [3.63, 3.8) is 0 Å². The fraction of sp³-hybridized carbons (Fsp3) is 0.364. The van der Waals surface area contributed by atoms with E-state index in [2.05, 4.69) is 10.0 Å². The highest BCUT2D eigenvalue weighted by Gasteiger charge is 2.14.